The molecule has 0 bridgehead atoms. The molecular weight excluding hydrogens is 546 g/mol. The SMILES string of the molecule is CC#CCOc1ccc(C2=[C-]CC(I)C(=O)N2CC)c(Br)c1.[Y]. The average molecular weight is 562 g/mol. The summed E-state index contributed by atoms with van der Waals surface area (Å²) >= 11 is 5.74. The van der Waals surface area contributed by atoms with Crippen LogP contribution in [-0.4, -0.2) is 27.9 Å². The van der Waals surface area contributed by atoms with E-state index in [1.165, 1.54) is 0 Å². The summed E-state index contributed by atoms with van der Waals surface area (Å²) in [7, 11) is 0. The first kappa shape index (κ1) is 21.1. The fraction of sp³-hybridized carbons (Fsp3) is 0.353. The van der Waals surface area contributed by atoms with Crippen molar-refractivity contribution in [2.75, 3.05) is 13.2 Å². The molecule has 1 aromatic rings. The molecule has 119 valence electrons. The molecule has 0 spiro atoms. The summed E-state index contributed by atoms with van der Waals surface area (Å²) in [6.45, 7) is 4.76. The zero-order valence-corrected chi connectivity index (χ0v) is 19.6. The van der Waals surface area contributed by atoms with Crippen molar-refractivity contribution in [3.05, 3.63) is 34.3 Å². The van der Waals surface area contributed by atoms with Crippen LogP contribution in [0.5, 0.6) is 5.75 Å². The van der Waals surface area contributed by atoms with Crippen LogP contribution >= 0.6 is 38.5 Å². The maximum Gasteiger partial charge on any atom is 0.235 e. The van der Waals surface area contributed by atoms with E-state index in [1.54, 1.807) is 11.8 Å². The van der Waals surface area contributed by atoms with Gasteiger partial charge in [-0.15, -0.1) is 23.2 Å². The molecule has 2 rings (SSSR count). The van der Waals surface area contributed by atoms with Crippen LogP contribution in [0.15, 0.2) is 22.7 Å². The van der Waals surface area contributed by atoms with Crippen molar-refractivity contribution in [3.8, 4) is 17.6 Å². The third-order valence-electron chi connectivity index (χ3n) is 3.25. The number of nitrogens with zero attached hydrogens (tertiary/aromatic N) is 1. The van der Waals surface area contributed by atoms with Crippen LogP contribution in [0.25, 0.3) is 5.70 Å². The van der Waals surface area contributed by atoms with E-state index in [2.05, 4.69) is 56.4 Å². The average Bonchev–Trinajstić information content (AvgIpc) is 2.51. The van der Waals surface area contributed by atoms with Crippen LogP contribution in [0.4, 0.5) is 0 Å². The van der Waals surface area contributed by atoms with Crippen molar-refractivity contribution in [2.45, 2.75) is 24.2 Å². The van der Waals surface area contributed by atoms with Crippen molar-refractivity contribution in [1.29, 1.82) is 0 Å². The van der Waals surface area contributed by atoms with Crippen molar-refractivity contribution < 1.29 is 42.2 Å². The number of allylic oxidation sites excluding steroid dienone is 1. The van der Waals surface area contributed by atoms with E-state index in [-0.39, 0.29) is 42.5 Å². The van der Waals surface area contributed by atoms with E-state index in [4.69, 9.17) is 4.74 Å². The predicted molar refractivity (Wildman–Crippen MR) is 99.5 cm³/mol. The third-order valence-corrected chi connectivity index (χ3v) is 4.88. The fourth-order valence-electron chi connectivity index (χ4n) is 2.17. The van der Waals surface area contributed by atoms with Gasteiger partial charge in [-0.2, -0.15) is 0 Å². The van der Waals surface area contributed by atoms with Gasteiger partial charge < -0.3 is 9.64 Å². The summed E-state index contributed by atoms with van der Waals surface area (Å²) in [5.41, 5.74) is 1.79. The van der Waals surface area contributed by atoms with Crippen LogP contribution in [0, 0.1) is 17.9 Å². The van der Waals surface area contributed by atoms with Crippen molar-refractivity contribution >= 4 is 50.1 Å². The van der Waals surface area contributed by atoms with Gasteiger partial charge in [0.05, 0.1) is 3.92 Å². The summed E-state index contributed by atoms with van der Waals surface area (Å²) < 4.78 is 6.40. The first-order valence-corrected chi connectivity index (χ1v) is 9.01. The van der Waals surface area contributed by atoms with E-state index in [9.17, 15) is 4.79 Å². The van der Waals surface area contributed by atoms with Crippen molar-refractivity contribution in [1.82, 2.24) is 4.90 Å². The number of hydrogen-bond donors (Lipinski definition) is 0. The second kappa shape index (κ2) is 10.2. The number of carbonyl (C=O) groups is 1. The van der Waals surface area contributed by atoms with Crippen LogP contribution in [-0.2, 0) is 37.5 Å². The molecule has 6 heteroatoms. The molecule has 1 unspecified atom stereocenters. The Morgan fingerprint density at radius 2 is 2.26 bits per heavy atom. The molecule has 1 aliphatic rings. The number of carbonyl (C=O) groups excluding carboxylic acids is 1. The molecular formula is C17H16BrINO2Y-. The molecule has 23 heavy (non-hydrogen) atoms. The van der Waals surface area contributed by atoms with E-state index in [0.29, 0.717) is 19.6 Å². The topological polar surface area (TPSA) is 29.5 Å². The fourth-order valence-corrected chi connectivity index (χ4v) is 3.27. The number of halogens is 2. The second-order valence-corrected chi connectivity index (χ2v) is 6.99. The minimum Gasteiger partial charge on any atom is -0.481 e. The maximum atomic E-state index is 12.3. The normalized spacial score (nSPS) is 16.9. The Kier molecular flexibility index (Phi) is 9.36. The maximum absolute atomic E-state index is 12.3. The second-order valence-electron chi connectivity index (χ2n) is 4.64. The molecule has 1 aliphatic heterocycles. The largest absolute Gasteiger partial charge is 0.481 e. The molecule has 1 atom stereocenters. The number of benzene rings is 1. The molecule has 1 radical (unpaired) electrons. The number of ether oxygens (including phenoxy) is 1. The quantitative estimate of drug-likeness (QED) is 0.240. The van der Waals surface area contributed by atoms with Crippen LogP contribution < -0.4 is 4.74 Å². The minimum absolute atomic E-state index is 0. The van der Waals surface area contributed by atoms with Crippen LogP contribution in [0.3, 0.4) is 0 Å². The summed E-state index contributed by atoms with van der Waals surface area (Å²) in [5.74, 6) is 6.54. The molecule has 0 saturated carbocycles. The first-order valence-electron chi connectivity index (χ1n) is 6.97. The van der Waals surface area contributed by atoms with Gasteiger partial charge in [-0.05, 0) is 26.0 Å². The van der Waals surface area contributed by atoms with Gasteiger partial charge >= 0.3 is 0 Å². The Hall–Kier alpha value is 0.104. The number of amides is 1. The Morgan fingerprint density at radius 3 is 2.87 bits per heavy atom. The van der Waals surface area contributed by atoms with Gasteiger partial charge in [-0.1, -0.05) is 55.3 Å². The van der Waals surface area contributed by atoms with Crippen molar-refractivity contribution in [3.63, 3.8) is 0 Å². The summed E-state index contributed by atoms with van der Waals surface area (Å²) in [5, 5.41) is 0. The molecule has 0 N–H and O–H groups in total. The minimum atomic E-state index is -0.0321. The van der Waals surface area contributed by atoms with E-state index < -0.39 is 0 Å². The third kappa shape index (κ3) is 5.29. The first-order chi connectivity index (χ1) is 10.6. The summed E-state index contributed by atoms with van der Waals surface area (Å²) in [6.07, 6.45) is 3.99. The molecule has 1 aromatic carbocycles. The Balaban J connectivity index is 0.00000264. The van der Waals surface area contributed by atoms with Gasteiger partial charge in [0.1, 0.15) is 12.4 Å². The smallest absolute Gasteiger partial charge is 0.235 e. The van der Waals surface area contributed by atoms with Gasteiger partial charge in [0.2, 0.25) is 5.91 Å². The summed E-state index contributed by atoms with van der Waals surface area (Å²) in [4.78, 5) is 14.1. The zero-order valence-electron chi connectivity index (χ0n) is 13.0. The molecule has 0 aromatic heterocycles. The number of hydrogen-bond acceptors (Lipinski definition) is 2. The molecule has 3 nitrogen and oxygen atoms in total. The molecule has 0 aliphatic carbocycles. The van der Waals surface area contributed by atoms with E-state index in [0.717, 1.165) is 21.5 Å². The number of rotatable bonds is 4. The zero-order chi connectivity index (χ0) is 16.1. The van der Waals surface area contributed by atoms with Gasteiger partial charge in [0, 0.05) is 39.3 Å². The van der Waals surface area contributed by atoms with Gasteiger partial charge in [-0.3, -0.25) is 4.79 Å². The Morgan fingerprint density at radius 1 is 1.52 bits per heavy atom. The Bertz CT molecular complexity index is 666. The number of alkyl halides is 1. The summed E-state index contributed by atoms with van der Waals surface area (Å²) in [6, 6.07) is 5.74. The van der Waals surface area contributed by atoms with Crippen molar-refractivity contribution in [2.24, 2.45) is 0 Å². The van der Waals surface area contributed by atoms with E-state index >= 15 is 0 Å². The van der Waals surface area contributed by atoms with Crippen LogP contribution in [0.2, 0.25) is 0 Å². The monoisotopic (exact) mass is 561 g/mol. The standard InChI is InChI=1S/C17H16BrINO2.Y/c1-3-5-10-22-12-6-7-13(14(18)11-12)16-9-8-15(19)17(21)20(16)4-2;/h6-7,11,15H,4,8,10H2,1-2H3;/q-1;. The Labute approximate surface area is 184 Å². The molecule has 1 heterocycles. The van der Waals surface area contributed by atoms with E-state index in [1.807, 2.05) is 25.1 Å². The van der Waals surface area contributed by atoms with Gasteiger partial charge in [0.25, 0.3) is 0 Å². The predicted octanol–water partition coefficient (Wildman–Crippen LogP) is 4.05. The van der Waals surface area contributed by atoms with Gasteiger partial charge in [0.15, 0.2) is 0 Å². The molecule has 1 amide bonds. The molecule has 0 saturated heterocycles. The molecule has 0 fully saturated rings. The van der Waals surface area contributed by atoms with Gasteiger partial charge in [-0.25, -0.2) is 6.08 Å². The van der Waals surface area contributed by atoms with Crippen LogP contribution in [0.1, 0.15) is 25.8 Å².